The van der Waals surface area contributed by atoms with Gasteiger partial charge in [0.15, 0.2) is 6.10 Å². The van der Waals surface area contributed by atoms with Crippen LogP contribution in [-0.4, -0.2) is 69.2 Å². The zero-order chi connectivity index (χ0) is 21.7. The fraction of sp³-hybridized carbons (Fsp3) is 0.400. The number of benzene rings is 1. The average molecular weight is 416 g/mol. The first kappa shape index (κ1) is 21.3. The molecule has 0 bridgehead atoms. The van der Waals surface area contributed by atoms with Crippen molar-refractivity contribution in [2.24, 2.45) is 0 Å². The van der Waals surface area contributed by atoms with Gasteiger partial charge in [-0.2, -0.15) is 0 Å². The minimum atomic E-state index is -0.662. The highest BCUT2D eigenvalue weighted by Gasteiger charge is 2.47. The van der Waals surface area contributed by atoms with Gasteiger partial charge in [-0.1, -0.05) is 0 Å². The van der Waals surface area contributed by atoms with Crippen molar-refractivity contribution in [3.8, 4) is 5.75 Å². The molecule has 3 heterocycles. The molecule has 1 saturated heterocycles. The molecule has 2 aliphatic rings. The van der Waals surface area contributed by atoms with Crippen LogP contribution in [0.5, 0.6) is 5.75 Å². The monoisotopic (exact) mass is 416 g/mol. The molecule has 1 fully saturated rings. The Bertz CT molecular complexity index is 902. The van der Waals surface area contributed by atoms with Crippen LogP contribution >= 0.6 is 0 Å². The molecule has 1 aromatic carbocycles. The summed E-state index contributed by atoms with van der Waals surface area (Å²) in [4.78, 5) is 39.5. The van der Waals surface area contributed by atoms with Crippen molar-refractivity contribution in [1.29, 1.82) is 0 Å². The summed E-state index contributed by atoms with van der Waals surface area (Å²) in [5.74, 6) is 0.717. The van der Waals surface area contributed by atoms with E-state index >= 15 is 0 Å². The molecule has 1 spiro atoms. The minimum Gasteiger partial charge on any atom is -0.508 e. The first-order valence-corrected chi connectivity index (χ1v) is 9.51. The minimum absolute atomic E-state index is 0.0770. The summed E-state index contributed by atoms with van der Waals surface area (Å²) in [5.41, 5.74) is -0.122. The van der Waals surface area contributed by atoms with E-state index in [1.165, 1.54) is 12.1 Å². The first-order chi connectivity index (χ1) is 14.4. The molecule has 10 heteroatoms. The summed E-state index contributed by atoms with van der Waals surface area (Å²) < 4.78 is 8.21. The molecule has 30 heavy (non-hydrogen) atoms. The fourth-order valence-electron chi connectivity index (χ4n) is 3.89. The highest BCUT2D eigenvalue weighted by atomic mass is 16.5. The van der Waals surface area contributed by atoms with E-state index in [0.717, 1.165) is 5.82 Å². The van der Waals surface area contributed by atoms with Gasteiger partial charge >= 0.3 is 0 Å². The highest BCUT2D eigenvalue weighted by Crippen LogP contribution is 2.40. The van der Waals surface area contributed by atoms with E-state index in [2.05, 4.69) is 10.3 Å². The number of carboxylic acid groups (broad SMARTS) is 1. The van der Waals surface area contributed by atoms with Crippen LogP contribution in [-0.2, 0) is 26.5 Å². The average Bonchev–Trinajstić information content (AvgIpc) is 3.24. The van der Waals surface area contributed by atoms with Gasteiger partial charge in [0, 0.05) is 50.9 Å². The van der Waals surface area contributed by atoms with Gasteiger partial charge in [0.25, 0.3) is 18.3 Å². The molecule has 0 aliphatic carbocycles. The largest absolute Gasteiger partial charge is 0.508 e. The number of rotatable bonds is 2. The SMILES string of the molecule is CNC(=O)C1Cn2ccnc2C2(CCN(C(=O)c3ccc(O)cc3)CC2)O1.O=CO. The lowest BCUT2D eigenvalue weighted by Crippen LogP contribution is -2.54. The maximum atomic E-state index is 12.7. The molecule has 0 radical (unpaired) electrons. The van der Waals surface area contributed by atoms with Crippen LogP contribution < -0.4 is 5.32 Å². The third kappa shape index (κ3) is 4.13. The van der Waals surface area contributed by atoms with Gasteiger partial charge in [0.05, 0.1) is 6.54 Å². The Hall–Kier alpha value is -3.40. The number of carbonyl (C=O) groups is 3. The van der Waals surface area contributed by atoms with Crippen molar-refractivity contribution in [2.75, 3.05) is 20.1 Å². The van der Waals surface area contributed by atoms with Crippen molar-refractivity contribution in [2.45, 2.75) is 31.1 Å². The van der Waals surface area contributed by atoms with E-state index in [1.807, 2.05) is 10.8 Å². The summed E-state index contributed by atoms with van der Waals surface area (Å²) in [5, 5.41) is 18.9. The zero-order valence-electron chi connectivity index (χ0n) is 16.5. The number of phenolic OH excluding ortho intramolecular Hbond substituents is 1. The van der Waals surface area contributed by atoms with Crippen LogP contribution in [0.3, 0.4) is 0 Å². The number of ether oxygens (including phenoxy) is 1. The predicted octanol–water partition coefficient (Wildman–Crippen LogP) is 0.566. The number of nitrogens with one attached hydrogen (secondary N) is 1. The van der Waals surface area contributed by atoms with Gasteiger partial charge < -0.3 is 29.7 Å². The Labute approximate surface area is 173 Å². The molecular formula is C20H24N4O6. The summed E-state index contributed by atoms with van der Waals surface area (Å²) in [7, 11) is 1.60. The first-order valence-electron chi connectivity index (χ1n) is 9.51. The standard InChI is InChI=1S/C19H22N4O4.CH2O2/c1-20-16(25)15-12-23-11-8-21-18(23)19(27-15)6-9-22(10-7-19)17(26)13-2-4-14(24)5-3-13;2-1-3/h2-5,8,11,15,24H,6-7,9-10,12H2,1H3,(H,20,25);1H,(H,2,3). The Morgan fingerprint density at radius 2 is 1.90 bits per heavy atom. The number of imidazole rings is 1. The summed E-state index contributed by atoms with van der Waals surface area (Å²) >= 11 is 0. The highest BCUT2D eigenvalue weighted by molar-refractivity contribution is 5.94. The maximum absolute atomic E-state index is 12.7. The van der Waals surface area contributed by atoms with E-state index < -0.39 is 11.7 Å². The molecule has 1 atom stereocenters. The van der Waals surface area contributed by atoms with Gasteiger partial charge in [-0.05, 0) is 24.3 Å². The molecule has 2 amide bonds. The van der Waals surface area contributed by atoms with Gasteiger partial charge in [0.2, 0.25) is 0 Å². The topological polar surface area (TPSA) is 134 Å². The molecule has 4 rings (SSSR count). The van der Waals surface area contributed by atoms with Crippen molar-refractivity contribution >= 4 is 18.3 Å². The maximum Gasteiger partial charge on any atom is 0.290 e. The van der Waals surface area contributed by atoms with Crippen LogP contribution in [0.15, 0.2) is 36.7 Å². The van der Waals surface area contributed by atoms with Crippen molar-refractivity contribution in [1.82, 2.24) is 19.8 Å². The number of phenols is 1. The number of aromatic hydroxyl groups is 1. The number of aromatic nitrogens is 2. The number of hydrogen-bond acceptors (Lipinski definition) is 6. The Balaban J connectivity index is 0.000000806. The van der Waals surface area contributed by atoms with Gasteiger partial charge in [-0.3, -0.25) is 14.4 Å². The second-order valence-electron chi connectivity index (χ2n) is 7.06. The molecule has 10 nitrogen and oxygen atoms in total. The van der Waals surface area contributed by atoms with E-state index in [0.29, 0.717) is 38.0 Å². The number of amides is 2. The number of likely N-dealkylation sites (N-methyl/N-ethyl adjacent to an activating group) is 1. The fourth-order valence-corrected chi connectivity index (χ4v) is 3.89. The van der Waals surface area contributed by atoms with Crippen LogP contribution in [0, 0.1) is 0 Å². The van der Waals surface area contributed by atoms with E-state index in [9.17, 15) is 14.7 Å². The predicted molar refractivity (Wildman–Crippen MR) is 105 cm³/mol. The molecule has 1 unspecified atom stereocenters. The van der Waals surface area contributed by atoms with Crippen LogP contribution in [0.2, 0.25) is 0 Å². The summed E-state index contributed by atoms with van der Waals surface area (Å²) in [6, 6.07) is 6.25. The van der Waals surface area contributed by atoms with E-state index in [-0.39, 0.29) is 24.0 Å². The number of fused-ring (bicyclic) bond motifs is 2. The molecule has 2 aliphatic heterocycles. The third-order valence-corrected chi connectivity index (χ3v) is 5.36. The number of hydrogen-bond donors (Lipinski definition) is 3. The molecule has 3 N–H and O–H groups in total. The Morgan fingerprint density at radius 3 is 2.50 bits per heavy atom. The lowest BCUT2D eigenvalue weighted by atomic mass is 9.88. The molecule has 2 aromatic rings. The molecule has 0 saturated carbocycles. The van der Waals surface area contributed by atoms with Crippen LogP contribution in [0.25, 0.3) is 0 Å². The molecular weight excluding hydrogens is 392 g/mol. The van der Waals surface area contributed by atoms with Crippen molar-refractivity contribution < 1.29 is 29.3 Å². The van der Waals surface area contributed by atoms with Crippen molar-refractivity contribution in [3.05, 3.63) is 48.0 Å². The van der Waals surface area contributed by atoms with E-state index in [1.54, 1.807) is 30.3 Å². The molecule has 160 valence electrons. The molecule has 1 aromatic heterocycles. The number of carbonyl (C=O) groups excluding carboxylic acids is 2. The lowest BCUT2D eigenvalue weighted by Gasteiger charge is -2.45. The van der Waals surface area contributed by atoms with Gasteiger partial charge in [-0.15, -0.1) is 0 Å². The number of likely N-dealkylation sites (tertiary alicyclic amines) is 1. The Morgan fingerprint density at radius 1 is 1.27 bits per heavy atom. The second kappa shape index (κ2) is 8.95. The quantitative estimate of drug-likeness (QED) is 0.609. The normalized spacial score (nSPS) is 19.2. The zero-order valence-corrected chi connectivity index (χ0v) is 16.5. The van der Waals surface area contributed by atoms with Gasteiger partial charge in [0.1, 0.15) is 17.2 Å². The number of piperidine rings is 1. The smallest absolute Gasteiger partial charge is 0.290 e. The van der Waals surface area contributed by atoms with E-state index in [4.69, 9.17) is 14.6 Å². The number of nitrogens with zero attached hydrogens (tertiary/aromatic N) is 3. The second-order valence-corrected chi connectivity index (χ2v) is 7.06. The van der Waals surface area contributed by atoms with Crippen LogP contribution in [0.1, 0.15) is 29.0 Å². The summed E-state index contributed by atoms with van der Waals surface area (Å²) in [6.07, 6.45) is 4.16. The third-order valence-electron chi connectivity index (χ3n) is 5.36. The summed E-state index contributed by atoms with van der Waals surface area (Å²) in [6.45, 7) is 1.20. The van der Waals surface area contributed by atoms with Crippen molar-refractivity contribution in [3.63, 3.8) is 0 Å². The lowest BCUT2D eigenvalue weighted by molar-refractivity contribution is -0.171. The van der Waals surface area contributed by atoms with Crippen LogP contribution in [0.4, 0.5) is 0 Å². The Kier molecular flexibility index (Phi) is 6.36. The van der Waals surface area contributed by atoms with Gasteiger partial charge in [-0.25, -0.2) is 4.98 Å².